The van der Waals surface area contributed by atoms with Gasteiger partial charge in [0.25, 0.3) is 0 Å². The summed E-state index contributed by atoms with van der Waals surface area (Å²) in [5, 5.41) is 172. The number of nitrogens with one attached hydrogen (secondary N) is 4. The van der Waals surface area contributed by atoms with Crippen LogP contribution in [0.5, 0.6) is 0 Å². The predicted octanol–water partition coefficient (Wildman–Crippen LogP) is -18.8. The van der Waals surface area contributed by atoms with Crippen LogP contribution in [0.15, 0.2) is 0 Å². The first-order chi connectivity index (χ1) is 59.8. The van der Waals surface area contributed by atoms with Crippen LogP contribution in [0.2, 0.25) is 0 Å². The van der Waals surface area contributed by atoms with Gasteiger partial charge in [0.2, 0.25) is 11.8 Å². The topological polar surface area (TPSA) is 1080 Å². The molecule has 8 aliphatic rings. The third-order valence-corrected chi connectivity index (χ3v) is 23.3. The fourth-order valence-corrected chi connectivity index (χ4v) is 17.5. The number of carbonyl (C=O) groups is 6. The average molecular weight is 2090 g/mol. The molecular weight excluding hydrogens is 2010 g/mol. The van der Waals surface area contributed by atoms with Crippen LogP contribution in [0.1, 0.15) is 20.8 Å². The van der Waals surface area contributed by atoms with Gasteiger partial charge < -0.3 is 158 Å². The molecule has 131 heavy (non-hydrogen) atoms. The second-order valence-corrected chi connectivity index (χ2v) is 37.6. The van der Waals surface area contributed by atoms with Gasteiger partial charge in [-0.25, -0.2) is 44.3 Å². The highest BCUT2D eigenvalue weighted by atomic mass is 32.3. The molecule has 760 valence electrons. The van der Waals surface area contributed by atoms with Gasteiger partial charge in [0, 0.05) is 19.8 Å². The predicted molar refractivity (Wildman–Crippen MR) is 380 cm³/mol. The zero-order valence-electron chi connectivity index (χ0n) is 65.0. The molecule has 8 saturated heterocycles. The van der Waals surface area contributed by atoms with Gasteiger partial charge in [-0.1, -0.05) is 6.92 Å². The summed E-state index contributed by atoms with van der Waals surface area (Å²) < 4.78 is 388. The van der Waals surface area contributed by atoms with E-state index in [9.17, 15) is 209 Å². The third-order valence-electron chi connectivity index (χ3n) is 19.5. The van der Waals surface area contributed by atoms with Gasteiger partial charge in [-0.15, -0.1) is 0 Å². The summed E-state index contributed by atoms with van der Waals surface area (Å²) in [6.07, 6.45) is -101. The van der Waals surface area contributed by atoms with Gasteiger partial charge in [-0.3, -0.25) is 46.0 Å². The summed E-state index contributed by atoms with van der Waals surface area (Å²) in [7, 11) is -48.5. The highest BCUT2D eigenvalue weighted by Gasteiger charge is 2.64. The van der Waals surface area contributed by atoms with E-state index in [2.05, 4.69) is 25.1 Å². The summed E-state index contributed by atoms with van der Waals surface area (Å²) in [4.78, 5) is 76.5. The van der Waals surface area contributed by atoms with Crippen LogP contribution in [0.3, 0.4) is 0 Å². The van der Waals surface area contributed by atoms with Crippen molar-refractivity contribution in [2.24, 2.45) is 5.92 Å². The van der Waals surface area contributed by atoms with Crippen LogP contribution in [0.25, 0.3) is 0 Å². The normalized spacial score (nSPS) is 41.0. The van der Waals surface area contributed by atoms with E-state index in [1.807, 2.05) is 10.6 Å². The fraction of sp³-hybridized carbons (Fsp3) is 0.887. The van der Waals surface area contributed by atoms with E-state index in [0.717, 1.165) is 18.6 Å². The number of aliphatic hydroxyl groups is 11. The summed E-state index contributed by atoms with van der Waals surface area (Å²) in [6, 6.07) is -10.8. The molecule has 70 nitrogen and oxygen atoms in total. The Labute approximate surface area is 733 Å². The van der Waals surface area contributed by atoms with Crippen molar-refractivity contribution in [2.75, 3.05) is 26.4 Å². The number of amides is 2. The Morgan fingerprint density at radius 2 is 0.550 bits per heavy atom. The van der Waals surface area contributed by atoms with Crippen LogP contribution in [-0.4, -0.2) is 482 Å². The molecule has 0 spiro atoms. The number of carbonyl (C=O) groups excluding carboxylic acids is 2. The molecule has 0 saturated carbocycles. The van der Waals surface area contributed by atoms with Crippen molar-refractivity contribution in [1.82, 2.24) is 20.1 Å². The molecule has 8 fully saturated rings. The van der Waals surface area contributed by atoms with Crippen molar-refractivity contribution in [3.8, 4) is 0 Å². The molecule has 0 bridgehead atoms. The number of carboxylic acid groups (broad SMARTS) is 4. The maximum absolute atomic E-state index is 13.5. The van der Waals surface area contributed by atoms with Gasteiger partial charge >= 0.3 is 107 Å². The van der Waals surface area contributed by atoms with E-state index in [-0.39, 0.29) is 0 Å². The number of rotatable bonds is 40. The van der Waals surface area contributed by atoms with Crippen molar-refractivity contribution in [2.45, 2.75) is 260 Å². The second kappa shape index (κ2) is 43.4. The summed E-state index contributed by atoms with van der Waals surface area (Å²) in [6.45, 7) is -4.56. The molecule has 0 aromatic rings. The number of hydrogen-bond donors (Lipinski definition) is 27. The first kappa shape index (κ1) is 111. The lowest BCUT2D eigenvalue weighted by Crippen LogP contribution is -2.72. The molecular formula is C53H84N4O66S8. The molecule has 0 aromatic heterocycles. The number of hydrogen-bond acceptors (Lipinski definition) is 54. The standard InChI is InChI=1S/C53H84N4O66S8/c1-8-19(60)25(66)50(111-29(8)42(70)71)113-31-12(5-104-127(88,89)90)108-47(16(21(31)62)55-10(3)59)116-35-24(65)27(68)52(120-39(35)43(72)73)115-33-14(7-106-129(94,95)96)110-49(18(57-125(82,83)84)34(33)122-130(97,98)99)118-37-28(69)38(123-131(100,101)102)53(121-41(37)45(76)77)114-32-13(6-105-128(91,92)93)109-48(17(22(32)63)56-124(79,80)81)117-36-23(64)26(67)51(119-40(36)44(74)75)112-30-11(4-103-126(85,86)87)107-46(78)15(20(30)61)54-9(2)58/h8,11-41,46-53,56-57,60-69,78H,4-7H2,1-3H3,(H,54,58)(H,55,59)(H,70,71)(H,72,73)(H,74,75)(H,76,77)(H,79,80,81)(H,82,83,84)(H,85,86,87)(H,88,89,90)(H,91,92,93)(H,94,95,96)(H,97,98,99)(H,100,101,102)/t8-,11+,12+,13+,14+,15+,16+,17+,18+,19-,20+,21+,22+,23+,24+,25+,26+,27+,28-,29?,30+,31+,32+,33+,34+,35-,36-,37-,38+,39-,40+,41+,46?,47+,48+,49+,50?,51+,52?,53+/m0/s1. The Morgan fingerprint density at radius 3 is 0.908 bits per heavy atom. The van der Waals surface area contributed by atoms with E-state index < -0.39 is 390 Å². The van der Waals surface area contributed by atoms with Gasteiger partial charge in [-0.2, -0.15) is 76.8 Å². The molecule has 0 aliphatic carbocycles. The van der Waals surface area contributed by atoms with E-state index in [1.165, 1.54) is 4.72 Å². The maximum Gasteiger partial charge on any atom is 0.397 e. The third kappa shape index (κ3) is 29.9. The molecule has 2 amide bonds. The van der Waals surface area contributed by atoms with Gasteiger partial charge in [0.05, 0.1) is 32.5 Å². The van der Waals surface area contributed by atoms with E-state index in [0.29, 0.717) is 6.92 Å². The highest BCUT2D eigenvalue weighted by molar-refractivity contribution is 7.84. The molecule has 27 N–H and O–H groups in total. The van der Waals surface area contributed by atoms with Crippen LogP contribution >= 0.6 is 0 Å². The maximum atomic E-state index is 13.5. The molecule has 4 unspecified atom stereocenters. The Hall–Kier alpha value is -5.26. The van der Waals surface area contributed by atoms with Crippen molar-refractivity contribution in [3.63, 3.8) is 0 Å². The molecule has 8 aliphatic heterocycles. The minimum atomic E-state index is -6.52. The average Bonchev–Trinajstić information content (AvgIpc) is 0.735. The number of aliphatic hydroxyl groups excluding tert-OH is 11. The van der Waals surface area contributed by atoms with Crippen molar-refractivity contribution >= 4 is 119 Å². The van der Waals surface area contributed by atoms with Crippen molar-refractivity contribution < 1.29 is 305 Å². The number of ether oxygens (including phenoxy) is 15. The zero-order valence-corrected chi connectivity index (χ0v) is 71.6. The van der Waals surface area contributed by atoms with Crippen LogP contribution in [-0.2, 0) is 208 Å². The van der Waals surface area contributed by atoms with E-state index in [4.69, 9.17) is 71.1 Å². The van der Waals surface area contributed by atoms with Crippen LogP contribution < -0.4 is 20.1 Å². The Kier molecular flexibility index (Phi) is 36.8. The summed E-state index contributed by atoms with van der Waals surface area (Å²) in [5.41, 5.74) is 0. The van der Waals surface area contributed by atoms with Crippen LogP contribution in [0.4, 0.5) is 0 Å². The minimum Gasteiger partial charge on any atom is -0.479 e. The molecule has 0 radical (unpaired) electrons. The lowest BCUT2D eigenvalue weighted by atomic mass is 9.90. The van der Waals surface area contributed by atoms with E-state index in [1.54, 1.807) is 0 Å². The SMILES string of the molecule is CC(=O)N[C@H]1[C@@H](O[C@H]2[C@H](O)[C@@H](O)C(O[C@H]3[C@H](OS(=O)(=O)O)[C@@H](NS(=O)(=O)O)[C@@H](O[C@H]4[C@H](O)[C@@H](OS(=O)(=O)O)[C@H](O[C@H]5[C@H](O)[C@@H](NS(=O)(=O)O)[C@@H](O[C@H]6[C@H](O)[C@@H](O)[C@H](O[C@H]7[C@H](O)[C@@H](NC(C)=O)C(O)O[C@@H]7COS(=O)(=O)O)O[C@H]6C(=O)O)O[C@@H]5COS(=O)(=O)O)O[C@H]4C(=O)O)O[C@@H]3COS(=O)(=O)O)O[C@@H]2C(=O)O)O[C@H](COS(=O)(=O)O)[C@@H](OC2OC(C(=O)O)[C@@H](C)[C@H](O)[C@H]2O)[C@@H]1O. The number of aliphatic carboxylic acids is 4. The Bertz CT molecular complexity index is 4990. The minimum absolute atomic E-state index is 0.701. The molecule has 0 aromatic carbocycles. The summed E-state index contributed by atoms with van der Waals surface area (Å²) >= 11 is 0. The molecule has 40 atom stereocenters. The monoisotopic (exact) mass is 2090 g/mol. The van der Waals surface area contributed by atoms with E-state index >= 15 is 0 Å². The van der Waals surface area contributed by atoms with Crippen molar-refractivity contribution in [1.29, 1.82) is 0 Å². The highest BCUT2D eigenvalue weighted by Crippen LogP contribution is 2.42. The molecule has 78 heteroatoms. The van der Waals surface area contributed by atoms with Gasteiger partial charge in [-0.05, 0) is 0 Å². The number of carboxylic acids is 4. The fourth-order valence-electron chi connectivity index (χ4n) is 14.1. The lowest BCUT2D eigenvalue weighted by Gasteiger charge is -2.51. The Balaban J connectivity index is 1.13. The molecule has 8 heterocycles. The quantitative estimate of drug-likeness (QED) is 0.0253. The first-order valence-corrected chi connectivity index (χ1v) is 46.9. The van der Waals surface area contributed by atoms with Gasteiger partial charge in [0.15, 0.2) is 80.8 Å². The van der Waals surface area contributed by atoms with Crippen LogP contribution in [0, 0.1) is 5.92 Å². The van der Waals surface area contributed by atoms with Gasteiger partial charge in [0.1, 0.15) is 152 Å². The first-order valence-electron chi connectivity index (χ1n) is 35.9. The van der Waals surface area contributed by atoms with Crippen molar-refractivity contribution in [3.05, 3.63) is 0 Å². The zero-order chi connectivity index (χ0) is 99.1. The molecule has 8 rings (SSSR count). The second-order valence-electron chi connectivity index (χ2n) is 28.7. The Morgan fingerprint density at radius 1 is 0.275 bits per heavy atom. The smallest absolute Gasteiger partial charge is 0.397 e. The largest absolute Gasteiger partial charge is 0.479 e. The summed E-state index contributed by atoms with van der Waals surface area (Å²) in [5.74, 6) is -13.0. The lowest BCUT2D eigenvalue weighted by molar-refractivity contribution is -0.379.